The van der Waals surface area contributed by atoms with Crippen molar-refractivity contribution in [1.82, 2.24) is 4.90 Å². The lowest BCUT2D eigenvalue weighted by Gasteiger charge is -2.50. The van der Waals surface area contributed by atoms with Crippen LogP contribution in [-0.4, -0.2) is 42.2 Å². The van der Waals surface area contributed by atoms with E-state index in [0.29, 0.717) is 5.56 Å². The number of fused-ring (bicyclic) bond motifs is 1. The molecule has 196 valence electrons. The molecule has 0 aliphatic carbocycles. The van der Waals surface area contributed by atoms with E-state index in [1.807, 2.05) is 33.8 Å². The molecular formula is C27H38N2O6Si. The summed E-state index contributed by atoms with van der Waals surface area (Å²) in [5, 5.41) is 10.9. The maximum atomic E-state index is 13.4. The van der Waals surface area contributed by atoms with Gasteiger partial charge in [-0.25, -0.2) is 4.79 Å². The van der Waals surface area contributed by atoms with Crippen molar-refractivity contribution in [3.8, 4) is 0 Å². The first-order valence-electron chi connectivity index (χ1n) is 12.4. The third kappa shape index (κ3) is 5.17. The van der Waals surface area contributed by atoms with Gasteiger partial charge in [0.1, 0.15) is 12.3 Å². The topological polar surface area (TPSA) is 99.0 Å². The smallest absolute Gasteiger partial charge is 0.355 e. The molecule has 9 heteroatoms. The predicted octanol–water partition coefficient (Wildman–Crippen LogP) is 5.75. The zero-order valence-corrected chi connectivity index (χ0v) is 23.7. The number of β-lactam (4-membered cyclic amide) rings is 1. The van der Waals surface area contributed by atoms with E-state index in [1.54, 1.807) is 17.0 Å². The number of esters is 1. The molecule has 0 aromatic heterocycles. The Morgan fingerprint density at radius 1 is 1.22 bits per heavy atom. The largest absolute Gasteiger partial charge is 0.456 e. The number of nitro benzene ring substituents is 1. The summed E-state index contributed by atoms with van der Waals surface area (Å²) in [7, 11) is -2.08. The van der Waals surface area contributed by atoms with E-state index in [-0.39, 0.29) is 52.9 Å². The minimum atomic E-state index is -2.08. The number of allylic oxidation sites excluding steroid dienone is 2. The number of non-ortho nitro benzene ring substituents is 1. The second-order valence-electron chi connectivity index (χ2n) is 11.6. The molecule has 1 aromatic rings. The van der Waals surface area contributed by atoms with Crippen molar-refractivity contribution >= 4 is 25.9 Å². The van der Waals surface area contributed by atoms with Gasteiger partial charge in [0.2, 0.25) is 5.91 Å². The van der Waals surface area contributed by atoms with E-state index in [2.05, 4.69) is 33.9 Å². The number of hydrogen-bond donors (Lipinski definition) is 0. The number of carbonyl (C=O) groups is 2. The number of ether oxygens (including phenoxy) is 1. The molecule has 8 nitrogen and oxygen atoms in total. The highest BCUT2D eigenvalue weighted by atomic mass is 28.4. The number of nitro groups is 1. The zero-order chi connectivity index (χ0) is 27.2. The molecule has 2 heterocycles. The standard InChI is InChI=1S/C27H38N2O6Si/c1-16(2)14-21-17(3)23-22(18(4)35-36(8,9)27(5,6)7)25(30)28(23)24(21)26(31)34-15-19-10-12-20(13-11-19)29(32)33/h10-14,17-18,22-23H,15H2,1-9H3/t17-,18+,22+,23+/m0/s1. The van der Waals surface area contributed by atoms with Crippen molar-refractivity contribution in [3.05, 3.63) is 62.9 Å². The highest BCUT2D eigenvalue weighted by Crippen LogP contribution is 2.49. The summed E-state index contributed by atoms with van der Waals surface area (Å²) in [6.07, 6.45) is 1.69. The lowest BCUT2D eigenvalue weighted by molar-refractivity contribution is -0.384. The molecule has 1 saturated heterocycles. The predicted molar refractivity (Wildman–Crippen MR) is 140 cm³/mol. The van der Waals surface area contributed by atoms with E-state index in [4.69, 9.17) is 9.16 Å². The van der Waals surface area contributed by atoms with Crippen molar-refractivity contribution in [2.45, 2.75) is 85.4 Å². The van der Waals surface area contributed by atoms with Gasteiger partial charge in [0.15, 0.2) is 8.32 Å². The van der Waals surface area contributed by atoms with Crippen LogP contribution < -0.4 is 0 Å². The van der Waals surface area contributed by atoms with Gasteiger partial charge in [-0.05, 0) is 62.2 Å². The zero-order valence-electron chi connectivity index (χ0n) is 22.7. The Morgan fingerprint density at radius 3 is 2.31 bits per heavy atom. The lowest BCUT2D eigenvalue weighted by Crippen LogP contribution is -2.65. The summed E-state index contributed by atoms with van der Waals surface area (Å²) in [6, 6.07) is 5.70. The molecule has 3 rings (SSSR count). The molecule has 1 aromatic carbocycles. The summed E-state index contributed by atoms with van der Waals surface area (Å²) in [4.78, 5) is 38.7. The molecule has 0 saturated carbocycles. The molecule has 1 amide bonds. The highest BCUT2D eigenvalue weighted by Gasteiger charge is 2.60. The fourth-order valence-electron chi connectivity index (χ4n) is 4.72. The van der Waals surface area contributed by atoms with Crippen molar-refractivity contribution in [2.75, 3.05) is 0 Å². The summed E-state index contributed by atoms with van der Waals surface area (Å²) >= 11 is 0. The van der Waals surface area contributed by atoms with Gasteiger partial charge in [-0.15, -0.1) is 0 Å². The van der Waals surface area contributed by atoms with Crippen LogP contribution in [0, 0.1) is 22.0 Å². The lowest BCUT2D eigenvalue weighted by atomic mass is 9.77. The van der Waals surface area contributed by atoms with Gasteiger partial charge in [-0.2, -0.15) is 0 Å². The van der Waals surface area contributed by atoms with Gasteiger partial charge in [0.25, 0.3) is 5.69 Å². The molecular weight excluding hydrogens is 476 g/mol. The van der Waals surface area contributed by atoms with Crippen molar-refractivity contribution < 1.29 is 23.7 Å². The normalized spacial score (nSPS) is 22.6. The summed E-state index contributed by atoms with van der Waals surface area (Å²) in [5.74, 6) is -1.05. The fraction of sp³-hybridized carbons (Fsp3) is 0.556. The Hall–Kier alpha value is -2.78. The number of carbonyl (C=O) groups excluding carboxylic acids is 2. The molecule has 1 fully saturated rings. The maximum absolute atomic E-state index is 13.4. The number of hydrogen-bond acceptors (Lipinski definition) is 6. The van der Waals surface area contributed by atoms with Gasteiger partial charge in [0.05, 0.1) is 23.0 Å². The van der Waals surface area contributed by atoms with Crippen molar-refractivity contribution in [3.63, 3.8) is 0 Å². The molecule has 0 N–H and O–H groups in total. The van der Waals surface area contributed by atoms with Crippen LogP contribution in [0.3, 0.4) is 0 Å². The van der Waals surface area contributed by atoms with Crippen LogP contribution in [0.5, 0.6) is 0 Å². The van der Waals surface area contributed by atoms with Crippen molar-refractivity contribution in [2.24, 2.45) is 11.8 Å². The second-order valence-corrected chi connectivity index (χ2v) is 16.4. The third-order valence-electron chi connectivity index (χ3n) is 7.65. The molecule has 0 radical (unpaired) electrons. The van der Waals surface area contributed by atoms with Gasteiger partial charge in [-0.3, -0.25) is 14.9 Å². The fourth-order valence-corrected chi connectivity index (χ4v) is 6.15. The molecule has 36 heavy (non-hydrogen) atoms. The van der Waals surface area contributed by atoms with E-state index in [1.165, 1.54) is 12.1 Å². The number of rotatable bonds is 8. The maximum Gasteiger partial charge on any atom is 0.355 e. The van der Waals surface area contributed by atoms with Gasteiger partial charge in [0, 0.05) is 18.1 Å². The first-order chi connectivity index (χ1) is 16.6. The third-order valence-corrected chi connectivity index (χ3v) is 12.2. The van der Waals surface area contributed by atoms with Crippen LogP contribution in [-0.2, 0) is 25.4 Å². The average molecular weight is 515 g/mol. The van der Waals surface area contributed by atoms with Gasteiger partial charge >= 0.3 is 5.97 Å². The van der Waals surface area contributed by atoms with Crippen LogP contribution in [0.4, 0.5) is 5.69 Å². The summed E-state index contributed by atoms with van der Waals surface area (Å²) < 4.78 is 12.2. The first-order valence-corrected chi connectivity index (χ1v) is 15.3. The van der Waals surface area contributed by atoms with E-state index >= 15 is 0 Å². The number of amides is 1. The van der Waals surface area contributed by atoms with Crippen LogP contribution in [0.25, 0.3) is 0 Å². The molecule has 2 aliphatic heterocycles. The Morgan fingerprint density at radius 2 is 1.81 bits per heavy atom. The molecule has 0 unspecified atom stereocenters. The Bertz CT molecular complexity index is 1110. The Kier molecular flexibility index (Phi) is 7.67. The highest BCUT2D eigenvalue weighted by molar-refractivity contribution is 6.74. The molecule has 0 bridgehead atoms. The van der Waals surface area contributed by atoms with E-state index in [0.717, 1.165) is 11.1 Å². The minimum Gasteiger partial charge on any atom is -0.456 e. The van der Waals surface area contributed by atoms with Crippen LogP contribution >= 0.6 is 0 Å². The molecule has 2 aliphatic rings. The quantitative estimate of drug-likeness (QED) is 0.144. The Labute approximate surface area is 214 Å². The van der Waals surface area contributed by atoms with Crippen LogP contribution in [0.2, 0.25) is 18.1 Å². The minimum absolute atomic E-state index is 0.0212. The van der Waals surface area contributed by atoms with Gasteiger partial charge < -0.3 is 14.1 Å². The van der Waals surface area contributed by atoms with Crippen LogP contribution in [0.15, 0.2) is 47.2 Å². The second kappa shape index (κ2) is 9.93. The van der Waals surface area contributed by atoms with Crippen LogP contribution in [0.1, 0.15) is 54.0 Å². The summed E-state index contributed by atoms with van der Waals surface area (Å²) in [5.41, 5.74) is 2.71. The SMILES string of the molecule is CC(C)=CC1=C(C(=O)OCc2ccc([N+](=O)[O-])cc2)N2C(=O)[C@H]([C@@H](C)O[Si](C)(C)C(C)(C)C)[C@H]2[C@H]1C. The average Bonchev–Trinajstić information content (AvgIpc) is 2.99. The van der Waals surface area contributed by atoms with E-state index in [9.17, 15) is 19.7 Å². The monoisotopic (exact) mass is 514 g/mol. The van der Waals surface area contributed by atoms with E-state index < -0.39 is 19.2 Å². The molecule has 4 atom stereocenters. The van der Waals surface area contributed by atoms with Gasteiger partial charge in [-0.1, -0.05) is 39.3 Å². The Balaban J connectivity index is 1.82. The number of nitrogens with zero attached hydrogens (tertiary/aromatic N) is 2. The molecule has 0 spiro atoms. The first kappa shape index (κ1) is 27.8. The number of benzene rings is 1. The summed E-state index contributed by atoms with van der Waals surface area (Å²) in [6.45, 7) is 18.8. The van der Waals surface area contributed by atoms with Crippen molar-refractivity contribution in [1.29, 1.82) is 0 Å².